The summed E-state index contributed by atoms with van der Waals surface area (Å²) in [6.07, 6.45) is 0.903. The zero-order chi connectivity index (χ0) is 23.1. The molecule has 1 aliphatic rings. The van der Waals surface area contributed by atoms with Gasteiger partial charge in [0.05, 0.1) is 11.7 Å². The number of nitrogens with one attached hydrogen (secondary N) is 1. The van der Waals surface area contributed by atoms with Crippen molar-refractivity contribution in [3.05, 3.63) is 65.2 Å². The summed E-state index contributed by atoms with van der Waals surface area (Å²) in [7, 11) is -1.68. The van der Waals surface area contributed by atoms with Crippen molar-refractivity contribution in [2.45, 2.75) is 44.7 Å². The molecular weight excluding hydrogens is 431 g/mol. The van der Waals surface area contributed by atoms with Crippen LogP contribution in [0.4, 0.5) is 0 Å². The molecule has 32 heavy (non-hydrogen) atoms. The maximum Gasteiger partial charge on any atom is 0.475 e. The van der Waals surface area contributed by atoms with Gasteiger partial charge in [-0.05, 0) is 36.1 Å². The van der Waals surface area contributed by atoms with Gasteiger partial charge < -0.3 is 24.9 Å². The zero-order valence-corrected chi connectivity index (χ0v) is 19.0. The van der Waals surface area contributed by atoms with Gasteiger partial charge in [-0.1, -0.05) is 67.0 Å². The lowest BCUT2D eigenvalue weighted by molar-refractivity contribution is -0.144. The third-order valence-corrected chi connectivity index (χ3v) is 5.42. The molecule has 3 rings (SSSR count). The van der Waals surface area contributed by atoms with E-state index in [-0.39, 0.29) is 25.4 Å². The number of ether oxygens (including phenoxy) is 1. The molecule has 2 aromatic rings. The van der Waals surface area contributed by atoms with Crippen LogP contribution in [0.3, 0.4) is 0 Å². The first-order valence-electron chi connectivity index (χ1n) is 10.6. The van der Waals surface area contributed by atoms with Gasteiger partial charge in [0.1, 0.15) is 12.4 Å². The molecule has 0 fully saturated rings. The number of halogens is 1. The van der Waals surface area contributed by atoms with Crippen LogP contribution in [0.25, 0.3) is 0 Å². The molecule has 0 aromatic heterocycles. The fourth-order valence-corrected chi connectivity index (χ4v) is 3.81. The summed E-state index contributed by atoms with van der Waals surface area (Å²) in [4.78, 5) is 19.1. The number of hydrogen-bond donors (Lipinski definition) is 3. The molecule has 0 saturated carbocycles. The molecule has 170 valence electrons. The van der Waals surface area contributed by atoms with Crippen LogP contribution in [0.2, 0.25) is 5.02 Å². The number of carbonyl (C=O) groups excluding carboxylic acids is 1. The molecule has 0 saturated heterocycles. The number of rotatable bonds is 10. The van der Waals surface area contributed by atoms with Crippen LogP contribution in [-0.4, -0.2) is 46.9 Å². The minimum absolute atomic E-state index is 0.141. The summed E-state index contributed by atoms with van der Waals surface area (Å²) >= 11 is 6.00. The number of carbonyl (C=O) groups is 1. The fourth-order valence-electron chi connectivity index (χ4n) is 3.63. The molecule has 9 heteroatoms. The molecule has 1 aliphatic heterocycles. The van der Waals surface area contributed by atoms with Crippen molar-refractivity contribution in [1.29, 1.82) is 0 Å². The van der Waals surface area contributed by atoms with Gasteiger partial charge in [0.15, 0.2) is 0 Å². The summed E-state index contributed by atoms with van der Waals surface area (Å²) in [5.41, 5.74) is 0.166. The summed E-state index contributed by atoms with van der Waals surface area (Å²) < 4.78 is 5.76. The van der Waals surface area contributed by atoms with Crippen LogP contribution >= 0.6 is 11.6 Å². The first-order chi connectivity index (χ1) is 15.3. The molecule has 2 aromatic carbocycles. The van der Waals surface area contributed by atoms with Crippen molar-refractivity contribution in [3.8, 4) is 5.75 Å². The van der Waals surface area contributed by atoms with E-state index in [1.807, 2.05) is 44.2 Å². The average molecular weight is 459 g/mol. The smallest absolute Gasteiger partial charge is 0.475 e. The molecule has 1 amide bonds. The van der Waals surface area contributed by atoms with Gasteiger partial charge in [0.25, 0.3) is 5.91 Å². The lowest BCUT2D eigenvalue weighted by Crippen LogP contribution is -2.56. The van der Waals surface area contributed by atoms with E-state index in [1.54, 1.807) is 24.3 Å². The second-order valence-corrected chi connectivity index (χ2v) is 8.89. The number of oxime groups is 1. The maximum atomic E-state index is 13.3. The molecule has 0 bridgehead atoms. The highest BCUT2D eigenvalue weighted by atomic mass is 35.5. The Hall–Kier alpha value is -2.55. The second-order valence-electron chi connectivity index (χ2n) is 8.45. The van der Waals surface area contributed by atoms with E-state index >= 15 is 0 Å². The Kier molecular flexibility index (Phi) is 8.18. The van der Waals surface area contributed by atoms with Gasteiger partial charge >= 0.3 is 7.12 Å². The van der Waals surface area contributed by atoms with Gasteiger partial charge in [-0.2, -0.15) is 0 Å². The van der Waals surface area contributed by atoms with Crippen LogP contribution < -0.4 is 10.1 Å². The molecule has 3 N–H and O–H groups in total. The first-order valence-corrected chi connectivity index (χ1v) is 11.0. The predicted molar refractivity (Wildman–Crippen MR) is 125 cm³/mol. The Bertz CT molecular complexity index is 941. The van der Waals surface area contributed by atoms with Gasteiger partial charge in [-0.15, -0.1) is 0 Å². The minimum Gasteiger partial charge on any atom is -0.487 e. The monoisotopic (exact) mass is 458 g/mol. The third-order valence-electron chi connectivity index (χ3n) is 5.19. The highest BCUT2D eigenvalue weighted by Crippen LogP contribution is 2.30. The lowest BCUT2D eigenvalue weighted by Gasteiger charge is -2.29. The summed E-state index contributed by atoms with van der Waals surface area (Å²) in [6, 6.07) is 16.5. The van der Waals surface area contributed by atoms with Crippen molar-refractivity contribution >= 4 is 30.3 Å². The van der Waals surface area contributed by atoms with Gasteiger partial charge in [-0.25, -0.2) is 0 Å². The Morgan fingerprint density at radius 3 is 2.66 bits per heavy atom. The zero-order valence-electron chi connectivity index (χ0n) is 18.2. The Labute approximate surface area is 193 Å². The Balaban J connectivity index is 1.74. The minimum atomic E-state index is -1.68. The molecule has 0 aliphatic carbocycles. The van der Waals surface area contributed by atoms with E-state index in [0.717, 1.165) is 5.56 Å². The molecule has 2 unspecified atom stereocenters. The van der Waals surface area contributed by atoms with Crippen LogP contribution in [0, 0.1) is 5.92 Å². The van der Waals surface area contributed by atoms with Crippen LogP contribution in [-0.2, 0) is 16.1 Å². The van der Waals surface area contributed by atoms with Gasteiger partial charge in [0.2, 0.25) is 5.60 Å². The topological polar surface area (TPSA) is 100 Å². The Morgan fingerprint density at radius 2 is 2.00 bits per heavy atom. The fraction of sp³-hybridized carbons (Fsp3) is 0.391. The standard InChI is InChI=1S/C23H28BClN2O5/c1-16(2)11-21(24(29)30)26-22(28)23(13-17-7-4-3-5-8-17)14-19(27-32-23)15-31-20-10-6-9-18(25)12-20/h3-10,12,16,21,29-30H,11,13-15H2,1-2H3,(H,26,28). The first kappa shape index (κ1) is 24.1. The molecule has 2 atom stereocenters. The predicted octanol–water partition coefficient (Wildman–Crippen LogP) is 3.02. The van der Waals surface area contributed by atoms with E-state index in [9.17, 15) is 14.8 Å². The number of benzene rings is 2. The van der Waals surface area contributed by atoms with Crippen molar-refractivity contribution in [2.75, 3.05) is 6.61 Å². The SMILES string of the molecule is CC(C)CC(NC(=O)C1(Cc2ccccc2)CC(COc2cccc(Cl)c2)=NO1)B(O)O. The maximum absolute atomic E-state index is 13.3. The average Bonchev–Trinajstić information content (AvgIpc) is 3.16. The largest absolute Gasteiger partial charge is 0.487 e. The van der Waals surface area contributed by atoms with Crippen molar-refractivity contribution in [3.63, 3.8) is 0 Å². The summed E-state index contributed by atoms with van der Waals surface area (Å²) in [5.74, 6) is -0.507. The van der Waals surface area contributed by atoms with E-state index in [0.29, 0.717) is 22.9 Å². The van der Waals surface area contributed by atoms with E-state index in [1.165, 1.54) is 0 Å². The molecular formula is C23H28BClN2O5. The molecule has 7 nitrogen and oxygen atoms in total. The number of hydrogen-bond acceptors (Lipinski definition) is 6. The highest BCUT2D eigenvalue weighted by Gasteiger charge is 2.48. The van der Waals surface area contributed by atoms with Crippen LogP contribution in [0.15, 0.2) is 59.8 Å². The van der Waals surface area contributed by atoms with E-state index in [2.05, 4.69) is 10.5 Å². The van der Waals surface area contributed by atoms with E-state index < -0.39 is 24.6 Å². The molecule has 0 radical (unpaired) electrons. The number of amides is 1. The molecule has 0 spiro atoms. The van der Waals surface area contributed by atoms with Crippen molar-refractivity contribution in [1.82, 2.24) is 5.32 Å². The second kappa shape index (κ2) is 10.9. The lowest BCUT2D eigenvalue weighted by atomic mass is 9.74. The molecule has 1 heterocycles. The third kappa shape index (κ3) is 6.48. The van der Waals surface area contributed by atoms with Crippen molar-refractivity contribution in [2.24, 2.45) is 11.1 Å². The normalized spacial score (nSPS) is 18.6. The Morgan fingerprint density at radius 1 is 1.25 bits per heavy atom. The van der Waals surface area contributed by atoms with Gasteiger partial charge in [-0.3, -0.25) is 4.79 Å². The number of nitrogens with zero attached hydrogens (tertiary/aromatic N) is 1. The summed E-state index contributed by atoms with van der Waals surface area (Å²) in [6.45, 7) is 4.03. The van der Waals surface area contributed by atoms with Crippen LogP contribution in [0.1, 0.15) is 32.3 Å². The quantitative estimate of drug-likeness (QED) is 0.475. The summed E-state index contributed by atoms with van der Waals surface area (Å²) in [5, 5.41) is 26.9. The van der Waals surface area contributed by atoms with E-state index in [4.69, 9.17) is 21.2 Å². The van der Waals surface area contributed by atoms with Gasteiger partial charge in [0, 0.05) is 17.9 Å². The van der Waals surface area contributed by atoms with Crippen LogP contribution in [0.5, 0.6) is 5.75 Å². The van der Waals surface area contributed by atoms with Crippen molar-refractivity contribution < 1.29 is 24.4 Å². The highest BCUT2D eigenvalue weighted by molar-refractivity contribution is 6.43.